The van der Waals surface area contributed by atoms with Gasteiger partial charge < -0.3 is 14.9 Å². The average Bonchev–Trinajstić information content (AvgIpc) is 2.86. The van der Waals surface area contributed by atoms with Crippen molar-refractivity contribution in [1.29, 1.82) is 0 Å². The predicted octanol–water partition coefficient (Wildman–Crippen LogP) is 5.68. The topological polar surface area (TPSA) is 82.9 Å². The Hall–Kier alpha value is -2.67. The van der Waals surface area contributed by atoms with Gasteiger partial charge >= 0.3 is 5.97 Å². The van der Waals surface area contributed by atoms with Crippen molar-refractivity contribution < 1.29 is 19.7 Å². The van der Waals surface area contributed by atoms with Crippen LogP contribution in [-0.4, -0.2) is 52.3 Å². The van der Waals surface area contributed by atoms with E-state index in [2.05, 4.69) is 16.0 Å². The Morgan fingerprint density at radius 2 is 2.06 bits per heavy atom. The minimum absolute atomic E-state index is 0.0554. The molecule has 2 aliphatic rings. The number of piperidine rings is 1. The molecule has 1 aliphatic heterocycles. The molecule has 0 bridgehead atoms. The van der Waals surface area contributed by atoms with E-state index >= 15 is 0 Å². The molecule has 7 heteroatoms. The second-order valence-corrected chi connectivity index (χ2v) is 10.7. The second kappa shape index (κ2) is 10.8. The zero-order chi connectivity index (χ0) is 25.2. The third-order valence-corrected chi connectivity index (χ3v) is 8.44. The lowest BCUT2D eigenvalue weighted by Gasteiger charge is -2.47. The number of nitrogens with zero attached hydrogens (tertiary/aromatic N) is 2. The maximum Gasteiger partial charge on any atom is 0.308 e. The number of likely N-dealkylation sites (tertiary alicyclic amines) is 1. The summed E-state index contributed by atoms with van der Waals surface area (Å²) in [5, 5.41) is 22.7. The van der Waals surface area contributed by atoms with Gasteiger partial charge in [0, 0.05) is 29.2 Å². The van der Waals surface area contributed by atoms with Gasteiger partial charge in [-0.1, -0.05) is 23.7 Å². The number of benzene rings is 2. The smallest absolute Gasteiger partial charge is 0.308 e. The number of ether oxygens (including phenoxy) is 1. The van der Waals surface area contributed by atoms with Gasteiger partial charge in [0.15, 0.2) is 0 Å². The van der Waals surface area contributed by atoms with E-state index in [1.165, 1.54) is 5.56 Å². The van der Waals surface area contributed by atoms with Crippen LogP contribution in [0.3, 0.4) is 0 Å². The van der Waals surface area contributed by atoms with Crippen LogP contribution in [0.15, 0.2) is 54.7 Å². The van der Waals surface area contributed by atoms with Gasteiger partial charge in [-0.3, -0.25) is 14.7 Å². The number of hydrogen-bond acceptors (Lipinski definition) is 5. The van der Waals surface area contributed by atoms with Gasteiger partial charge in [-0.05, 0) is 98.0 Å². The number of halogens is 1. The molecule has 0 spiro atoms. The van der Waals surface area contributed by atoms with Gasteiger partial charge in [-0.25, -0.2) is 0 Å². The molecule has 1 aromatic heterocycles. The quantitative estimate of drug-likeness (QED) is 0.407. The van der Waals surface area contributed by atoms with Gasteiger partial charge in [0.2, 0.25) is 0 Å². The molecule has 2 N–H and O–H groups in total. The van der Waals surface area contributed by atoms with Crippen LogP contribution >= 0.6 is 11.6 Å². The van der Waals surface area contributed by atoms with E-state index in [4.69, 9.17) is 16.3 Å². The minimum Gasteiger partial charge on any atom is -0.497 e. The molecule has 190 valence electrons. The third-order valence-electron chi connectivity index (χ3n) is 8.21. The predicted molar refractivity (Wildman–Crippen MR) is 141 cm³/mol. The second-order valence-electron chi connectivity index (χ2n) is 10.2. The fourth-order valence-electron chi connectivity index (χ4n) is 5.99. The van der Waals surface area contributed by atoms with E-state index < -0.39 is 18.0 Å². The number of carboxylic acid groups (broad SMARTS) is 1. The van der Waals surface area contributed by atoms with Crippen LogP contribution in [-0.2, 0) is 4.79 Å². The lowest BCUT2D eigenvalue weighted by atomic mass is 9.73. The van der Waals surface area contributed by atoms with Crippen LogP contribution in [0, 0.1) is 11.8 Å². The number of fused-ring (bicyclic) bond motifs is 1. The molecule has 2 heterocycles. The largest absolute Gasteiger partial charge is 0.497 e. The molecule has 1 saturated heterocycles. The Balaban J connectivity index is 1.19. The fourth-order valence-corrected chi connectivity index (χ4v) is 6.19. The van der Waals surface area contributed by atoms with E-state index in [0.29, 0.717) is 31.3 Å². The van der Waals surface area contributed by atoms with Gasteiger partial charge in [0.1, 0.15) is 5.75 Å². The Morgan fingerprint density at radius 3 is 2.81 bits per heavy atom. The highest BCUT2D eigenvalue weighted by Crippen LogP contribution is 2.43. The van der Waals surface area contributed by atoms with Crippen LogP contribution in [0.1, 0.15) is 55.3 Å². The van der Waals surface area contributed by atoms with Crippen molar-refractivity contribution in [3.05, 3.63) is 70.9 Å². The highest BCUT2D eigenvalue weighted by atomic mass is 35.5. The number of pyridine rings is 1. The number of methoxy groups -OCH3 is 1. The maximum atomic E-state index is 12.2. The zero-order valence-corrected chi connectivity index (χ0v) is 21.3. The number of aliphatic carboxylic acids is 1. The molecule has 3 aromatic rings. The molecular weight excluding hydrogens is 476 g/mol. The summed E-state index contributed by atoms with van der Waals surface area (Å²) >= 11 is 6.16. The number of aliphatic hydroxyl groups excluding tert-OH is 1. The third kappa shape index (κ3) is 5.22. The van der Waals surface area contributed by atoms with Crippen molar-refractivity contribution in [1.82, 2.24) is 9.88 Å². The van der Waals surface area contributed by atoms with Gasteiger partial charge in [0.25, 0.3) is 0 Å². The van der Waals surface area contributed by atoms with E-state index in [1.54, 1.807) is 13.3 Å². The SMILES string of the molecule is COc1ccc2nccc(C(O)CC[C@@H]3CCN(C4CC(c5cccc(Cl)c5)C4)C[C@@H]3C(=O)O)c2c1. The van der Waals surface area contributed by atoms with Crippen molar-refractivity contribution in [2.24, 2.45) is 11.8 Å². The first kappa shape index (κ1) is 25.0. The monoisotopic (exact) mass is 508 g/mol. The number of carbonyl (C=O) groups is 1. The summed E-state index contributed by atoms with van der Waals surface area (Å²) in [6, 6.07) is 16.0. The molecule has 3 atom stereocenters. The Kier molecular flexibility index (Phi) is 7.47. The van der Waals surface area contributed by atoms with Crippen LogP contribution in [0.4, 0.5) is 0 Å². The van der Waals surface area contributed by atoms with Crippen molar-refractivity contribution in [3.8, 4) is 5.75 Å². The summed E-state index contributed by atoms with van der Waals surface area (Å²) in [7, 11) is 1.62. The first-order chi connectivity index (χ1) is 17.4. The molecule has 1 saturated carbocycles. The highest BCUT2D eigenvalue weighted by Gasteiger charge is 2.41. The Bertz CT molecular complexity index is 1230. The minimum atomic E-state index is -0.732. The normalized spacial score (nSPS) is 25.3. The average molecular weight is 509 g/mol. The summed E-state index contributed by atoms with van der Waals surface area (Å²) < 4.78 is 5.35. The molecule has 2 aromatic carbocycles. The molecule has 0 amide bonds. The van der Waals surface area contributed by atoms with Crippen molar-refractivity contribution in [2.45, 2.75) is 50.2 Å². The molecule has 36 heavy (non-hydrogen) atoms. The Morgan fingerprint density at radius 1 is 1.22 bits per heavy atom. The molecule has 1 unspecified atom stereocenters. The van der Waals surface area contributed by atoms with Crippen LogP contribution in [0.25, 0.3) is 10.9 Å². The number of rotatable bonds is 8. The molecule has 2 fully saturated rings. The summed E-state index contributed by atoms with van der Waals surface area (Å²) in [5.41, 5.74) is 2.89. The molecule has 6 nitrogen and oxygen atoms in total. The summed E-state index contributed by atoms with van der Waals surface area (Å²) in [5.74, 6) is 0.129. The molecular formula is C29H33ClN2O4. The standard InChI is InChI=1S/C29H33ClN2O4/c1-36-23-6-7-27-25(16-23)24(9-11-31-27)28(33)8-5-18-10-12-32(17-26(18)29(34)35)22-14-20(15-22)19-3-2-4-21(30)13-19/h2-4,6-7,9,11,13,16,18,20,22,26,28,33H,5,8,10,12,14-15,17H2,1H3,(H,34,35)/t18-,20?,22?,26+,28?/m1/s1. The fraction of sp³-hybridized carbons (Fsp3) is 0.448. The van der Waals surface area contributed by atoms with Crippen LogP contribution in [0.2, 0.25) is 5.02 Å². The lowest BCUT2D eigenvalue weighted by Crippen LogP contribution is -2.52. The van der Waals surface area contributed by atoms with Gasteiger partial charge in [-0.15, -0.1) is 0 Å². The van der Waals surface area contributed by atoms with Crippen LogP contribution in [0.5, 0.6) is 5.75 Å². The summed E-state index contributed by atoms with van der Waals surface area (Å²) in [6.45, 7) is 1.49. The highest BCUT2D eigenvalue weighted by molar-refractivity contribution is 6.30. The molecule has 0 radical (unpaired) electrons. The van der Waals surface area contributed by atoms with Crippen LogP contribution < -0.4 is 4.74 Å². The zero-order valence-electron chi connectivity index (χ0n) is 20.5. The van der Waals surface area contributed by atoms with Crippen molar-refractivity contribution in [3.63, 3.8) is 0 Å². The van der Waals surface area contributed by atoms with Crippen molar-refractivity contribution >= 4 is 28.5 Å². The van der Waals surface area contributed by atoms with E-state index in [9.17, 15) is 15.0 Å². The van der Waals surface area contributed by atoms with E-state index in [0.717, 1.165) is 53.0 Å². The first-order valence-corrected chi connectivity index (χ1v) is 13.1. The molecule has 1 aliphatic carbocycles. The Labute approximate surface area is 216 Å². The lowest BCUT2D eigenvalue weighted by molar-refractivity contribution is -0.147. The number of aromatic nitrogens is 1. The number of carboxylic acids is 1. The first-order valence-electron chi connectivity index (χ1n) is 12.8. The molecule has 5 rings (SSSR count). The van der Waals surface area contributed by atoms with Gasteiger partial charge in [-0.2, -0.15) is 0 Å². The number of aliphatic hydroxyl groups is 1. The summed E-state index contributed by atoms with van der Waals surface area (Å²) in [6.07, 6.45) is 5.16. The van der Waals surface area contributed by atoms with E-state index in [-0.39, 0.29) is 5.92 Å². The van der Waals surface area contributed by atoms with Crippen molar-refractivity contribution in [2.75, 3.05) is 20.2 Å². The van der Waals surface area contributed by atoms with E-state index in [1.807, 2.05) is 42.5 Å². The van der Waals surface area contributed by atoms with Gasteiger partial charge in [0.05, 0.1) is 24.6 Å². The summed E-state index contributed by atoms with van der Waals surface area (Å²) in [4.78, 5) is 19.0. The number of hydrogen-bond donors (Lipinski definition) is 2. The maximum absolute atomic E-state index is 12.2.